The third kappa shape index (κ3) is 3.56. The fourth-order valence-electron chi connectivity index (χ4n) is 2.12. The monoisotopic (exact) mass is 234 g/mol. The third-order valence-electron chi connectivity index (χ3n) is 3.36. The number of carboxylic acid groups (broad SMARTS) is 1. The summed E-state index contributed by atoms with van der Waals surface area (Å²) in [7, 11) is 0. The van der Waals surface area contributed by atoms with Crippen molar-refractivity contribution in [2.24, 2.45) is 5.92 Å². The molecule has 0 aromatic heterocycles. The van der Waals surface area contributed by atoms with Crippen molar-refractivity contribution in [1.82, 2.24) is 0 Å². The summed E-state index contributed by atoms with van der Waals surface area (Å²) in [6, 6.07) is 9.89. The smallest absolute Gasteiger partial charge is 0.305 e. The maximum atomic E-state index is 10.8. The zero-order valence-corrected chi connectivity index (χ0v) is 9.84. The van der Waals surface area contributed by atoms with E-state index in [9.17, 15) is 4.79 Å². The van der Waals surface area contributed by atoms with E-state index in [0.29, 0.717) is 12.5 Å². The molecule has 1 atom stereocenters. The predicted octanol–water partition coefficient (Wildman–Crippen LogP) is 2.85. The minimum absolute atomic E-state index is 0.123. The fourth-order valence-corrected chi connectivity index (χ4v) is 2.12. The molecule has 3 nitrogen and oxygen atoms in total. The lowest BCUT2D eigenvalue weighted by Gasteiger charge is -2.32. The van der Waals surface area contributed by atoms with E-state index in [1.165, 1.54) is 6.42 Å². The van der Waals surface area contributed by atoms with Gasteiger partial charge in [0.25, 0.3) is 0 Å². The molecule has 0 aliphatic heterocycles. The lowest BCUT2D eigenvalue weighted by molar-refractivity contribution is -0.142. The van der Waals surface area contributed by atoms with E-state index in [-0.39, 0.29) is 12.5 Å². The van der Waals surface area contributed by atoms with Crippen molar-refractivity contribution in [3.8, 4) is 0 Å². The molecule has 1 aromatic rings. The van der Waals surface area contributed by atoms with E-state index in [1.807, 2.05) is 30.3 Å². The van der Waals surface area contributed by atoms with Crippen LogP contribution in [0.1, 0.15) is 31.2 Å². The number of aliphatic carboxylic acids is 1. The molecule has 1 saturated carbocycles. The average molecular weight is 234 g/mol. The Kier molecular flexibility index (Phi) is 4.15. The maximum absolute atomic E-state index is 10.8. The van der Waals surface area contributed by atoms with Gasteiger partial charge in [-0.2, -0.15) is 0 Å². The molecule has 0 saturated heterocycles. The van der Waals surface area contributed by atoms with E-state index in [4.69, 9.17) is 9.84 Å². The highest BCUT2D eigenvalue weighted by Crippen LogP contribution is 2.33. The summed E-state index contributed by atoms with van der Waals surface area (Å²) in [5, 5.41) is 8.87. The standard InChI is InChI=1S/C14H18O3/c15-14(16)9-13(12-7-4-8-12)17-10-11-5-2-1-3-6-11/h1-3,5-6,12-13H,4,7-10H2,(H,15,16)/t13-/m1/s1. The molecule has 92 valence electrons. The van der Waals surface area contributed by atoms with Crippen LogP contribution in [0.15, 0.2) is 30.3 Å². The normalized spacial score (nSPS) is 17.4. The van der Waals surface area contributed by atoms with Crippen molar-refractivity contribution in [3.63, 3.8) is 0 Å². The van der Waals surface area contributed by atoms with Crippen molar-refractivity contribution in [3.05, 3.63) is 35.9 Å². The summed E-state index contributed by atoms with van der Waals surface area (Å²) >= 11 is 0. The second-order valence-electron chi connectivity index (χ2n) is 4.62. The zero-order valence-electron chi connectivity index (χ0n) is 9.84. The van der Waals surface area contributed by atoms with Crippen molar-refractivity contribution >= 4 is 5.97 Å². The maximum Gasteiger partial charge on any atom is 0.305 e. The second-order valence-corrected chi connectivity index (χ2v) is 4.62. The van der Waals surface area contributed by atoms with E-state index in [1.54, 1.807) is 0 Å². The zero-order chi connectivity index (χ0) is 12.1. The first-order valence-electron chi connectivity index (χ1n) is 6.13. The SMILES string of the molecule is O=C(O)C[C@@H](OCc1ccccc1)C1CCC1. The van der Waals surface area contributed by atoms with Crippen LogP contribution in [0.3, 0.4) is 0 Å². The predicted molar refractivity (Wildman–Crippen MR) is 64.6 cm³/mol. The first-order chi connectivity index (χ1) is 8.25. The molecule has 0 amide bonds. The molecule has 0 heterocycles. The number of ether oxygens (including phenoxy) is 1. The van der Waals surface area contributed by atoms with Crippen molar-refractivity contribution in [2.75, 3.05) is 0 Å². The molecule has 0 radical (unpaired) electrons. The number of hydrogen-bond acceptors (Lipinski definition) is 2. The number of benzene rings is 1. The number of hydrogen-bond donors (Lipinski definition) is 1. The van der Waals surface area contributed by atoms with Gasteiger partial charge in [0, 0.05) is 0 Å². The Balaban J connectivity index is 1.86. The van der Waals surface area contributed by atoms with Crippen LogP contribution in [0.4, 0.5) is 0 Å². The van der Waals surface area contributed by atoms with Gasteiger partial charge in [0.1, 0.15) is 0 Å². The highest BCUT2D eigenvalue weighted by atomic mass is 16.5. The molecule has 1 fully saturated rings. The summed E-state index contributed by atoms with van der Waals surface area (Å²) < 4.78 is 5.76. The minimum Gasteiger partial charge on any atom is -0.481 e. The lowest BCUT2D eigenvalue weighted by atomic mass is 9.80. The lowest BCUT2D eigenvalue weighted by Crippen LogP contribution is -2.31. The Bertz CT molecular complexity index is 357. The summed E-state index contributed by atoms with van der Waals surface area (Å²) in [4.78, 5) is 10.8. The molecule has 0 spiro atoms. The molecule has 17 heavy (non-hydrogen) atoms. The topological polar surface area (TPSA) is 46.5 Å². The van der Waals surface area contributed by atoms with Gasteiger partial charge in [0.15, 0.2) is 0 Å². The molecule has 3 heteroatoms. The first kappa shape index (κ1) is 12.1. The van der Waals surface area contributed by atoms with Gasteiger partial charge in [-0.05, 0) is 24.3 Å². The highest BCUT2D eigenvalue weighted by molar-refractivity contribution is 5.67. The number of carbonyl (C=O) groups is 1. The second kappa shape index (κ2) is 5.82. The number of rotatable bonds is 6. The van der Waals surface area contributed by atoms with Crippen molar-refractivity contribution in [2.45, 2.75) is 38.4 Å². The van der Waals surface area contributed by atoms with Crippen molar-refractivity contribution < 1.29 is 14.6 Å². The quantitative estimate of drug-likeness (QED) is 0.823. The van der Waals surface area contributed by atoms with Crippen LogP contribution in [0, 0.1) is 5.92 Å². The average Bonchev–Trinajstić information content (AvgIpc) is 2.24. The van der Waals surface area contributed by atoms with Crippen LogP contribution < -0.4 is 0 Å². The van der Waals surface area contributed by atoms with Crippen LogP contribution in [-0.2, 0) is 16.1 Å². The summed E-state index contributed by atoms with van der Waals surface area (Å²) in [5.74, 6) is -0.329. The molecule has 1 aliphatic rings. The van der Waals surface area contributed by atoms with Gasteiger partial charge in [-0.15, -0.1) is 0 Å². The molecular weight excluding hydrogens is 216 g/mol. The van der Waals surface area contributed by atoms with Gasteiger partial charge in [-0.25, -0.2) is 0 Å². The van der Waals surface area contributed by atoms with E-state index < -0.39 is 5.97 Å². The summed E-state index contributed by atoms with van der Waals surface area (Å²) in [6.07, 6.45) is 3.41. The van der Waals surface area contributed by atoms with Gasteiger partial charge < -0.3 is 9.84 Å². The largest absolute Gasteiger partial charge is 0.481 e. The molecule has 1 N–H and O–H groups in total. The Morgan fingerprint density at radius 3 is 2.59 bits per heavy atom. The molecule has 2 rings (SSSR count). The highest BCUT2D eigenvalue weighted by Gasteiger charge is 2.29. The van der Waals surface area contributed by atoms with Gasteiger partial charge in [0.2, 0.25) is 0 Å². The molecule has 0 bridgehead atoms. The first-order valence-corrected chi connectivity index (χ1v) is 6.13. The van der Waals surface area contributed by atoms with Gasteiger partial charge in [-0.3, -0.25) is 4.79 Å². The van der Waals surface area contributed by atoms with E-state index >= 15 is 0 Å². The Hall–Kier alpha value is -1.35. The van der Waals surface area contributed by atoms with Crippen LogP contribution in [0.2, 0.25) is 0 Å². The van der Waals surface area contributed by atoms with Gasteiger partial charge in [0.05, 0.1) is 19.1 Å². The van der Waals surface area contributed by atoms with Crippen LogP contribution in [0.25, 0.3) is 0 Å². The Morgan fingerprint density at radius 1 is 1.35 bits per heavy atom. The van der Waals surface area contributed by atoms with Gasteiger partial charge in [-0.1, -0.05) is 36.8 Å². The summed E-state index contributed by atoms with van der Waals surface area (Å²) in [5.41, 5.74) is 1.10. The van der Waals surface area contributed by atoms with E-state index in [0.717, 1.165) is 18.4 Å². The fraction of sp³-hybridized carbons (Fsp3) is 0.500. The number of carboxylic acids is 1. The molecule has 1 aliphatic carbocycles. The third-order valence-corrected chi connectivity index (χ3v) is 3.36. The van der Waals surface area contributed by atoms with Crippen LogP contribution in [-0.4, -0.2) is 17.2 Å². The Labute approximate surface area is 101 Å². The van der Waals surface area contributed by atoms with Gasteiger partial charge >= 0.3 is 5.97 Å². The van der Waals surface area contributed by atoms with Crippen LogP contribution >= 0.6 is 0 Å². The summed E-state index contributed by atoms with van der Waals surface area (Å²) in [6.45, 7) is 0.509. The van der Waals surface area contributed by atoms with Crippen LogP contribution in [0.5, 0.6) is 0 Å². The van der Waals surface area contributed by atoms with E-state index in [2.05, 4.69) is 0 Å². The van der Waals surface area contributed by atoms with Crippen molar-refractivity contribution in [1.29, 1.82) is 0 Å². The minimum atomic E-state index is -0.769. The molecule has 1 aromatic carbocycles. The Morgan fingerprint density at radius 2 is 2.06 bits per heavy atom. The molecule has 0 unspecified atom stereocenters. The molecular formula is C14H18O3.